The Balaban J connectivity index is 2.38. The third kappa shape index (κ3) is 5.34. The van der Waals surface area contributed by atoms with Crippen LogP contribution in [-0.2, 0) is 4.84 Å². The zero-order valence-corrected chi connectivity index (χ0v) is 11.5. The van der Waals surface area contributed by atoms with Crippen molar-refractivity contribution in [3.63, 3.8) is 0 Å². The number of thioether (sulfide) groups is 1. The molecule has 0 aromatic heterocycles. The van der Waals surface area contributed by atoms with Crippen LogP contribution < -0.4 is 0 Å². The Hall–Kier alpha value is -0.0300. The van der Waals surface area contributed by atoms with E-state index in [4.69, 9.17) is 4.84 Å². The normalized spacial score (nSPS) is 19.2. The summed E-state index contributed by atoms with van der Waals surface area (Å²) in [4.78, 5) is 7.93. The Labute approximate surface area is 104 Å². The van der Waals surface area contributed by atoms with Crippen LogP contribution in [0, 0.1) is 0 Å². The molecule has 0 aromatic carbocycles. The zero-order valence-electron chi connectivity index (χ0n) is 10.7. The Morgan fingerprint density at radius 2 is 2.25 bits per heavy atom. The standard InChI is InChI=1S/C12H24N2OS/c1-13(2)11-12(7-6-10-16-3)14-8-4-5-9-15-14/h4-5,12H,6-11H2,1-3H3. The summed E-state index contributed by atoms with van der Waals surface area (Å²) in [5, 5.41) is 2.14. The van der Waals surface area contributed by atoms with E-state index in [1.54, 1.807) is 0 Å². The van der Waals surface area contributed by atoms with Crippen LogP contribution in [0.1, 0.15) is 12.8 Å². The number of hydroxylamine groups is 2. The maximum atomic E-state index is 5.68. The summed E-state index contributed by atoms with van der Waals surface area (Å²) in [6, 6.07) is 0.520. The molecule has 1 rings (SSSR count). The zero-order chi connectivity index (χ0) is 11.8. The van der Waals surface area contributed by atoms with Gasteiger partial charge in [-0.3, -0.25) is 4.84 Å². The minimum atomic E-state index is 0.520. The van der Waals surface area contributed by atoms with Gasteiger partial charge in [0.05, 0.1) is 6.61 Å². The topological polar surface area (TPSA) is 15.7 Å². The average molecular weight is 244 g/mol. The first-order chi connectivity index (χ1) is 7.74. The molecule has 3 nitrogen and oxygen atoms in total. The van der Waals surface area contributed by atoms with Gasteiger partial charge in [0.15, 0.2) is 0 Å². The van der Waals surface area contributed by atoms with Crippen molar-refractivity contribution in [3.05, 3.63) is 12.2 Å². The van der Waals surface area contributed by atoms with Crippen molar-refractivity contribution in [1.82, 2.24) is 9.96 Å². The molecule has 4 heteroatoms. The molecule has 0 aromatic rings. The second kappa shape index (κ2) is 8.12. The van der Waals surface area contributed by atoms with Gasteiger partial charge < -0.3 is 4.90 Å². The third-order valence-electron chi connectivity index (χ3n) is 2.66. The summed E-state index contributed by atoms with van der Waals surface area (Å²) in [6.45, 7) is 2.73. The average Bonchev–Trinajstić information content (AvgIpc) is 2.29. The molecule has 1 unspecified atom stereocenters. The molecule has 0 bridgehead atoms. The highest BCUT2D eigenvalue weighted by molar-refractivity contribution is 7.98. The van der Waals surface area contributed by atoms with Crippen molar-refractivity contribution < 1.29 is 4.84 Å². The summed E-state index contributed by atoms with van der Waals surface area (Å²) in [5.41, 5.74) is 0. The lowest BCUT2D eigenvalue weighted by Crippen LogP contribution is -2.43. The molecule has 0 N–H and O–H groups in total. The number of likely N-dealkylation sites (N-methyl/N-ethyl adjacent to an activating group) is 1. The van der Waals surface area contributed by atoms with Crippen molar-refractivity contribution in [2.24, 2.45) is 0 Å². The molecule has 1 aliphatic rings. The van der Waals surface area contributed by atoms with Crippen molar-refractivity contribution in [3.8, 4) is 0 Å². The van der Waals surface area contributed by atoms with Crippen LogP contribution in [0.15, 0.2) is 12.2 Å². The summed E-state index contributed by atoms with van der Waals surface area (Å²) in [7, 11) is 4.25. The van der Waals surface area contributed by atoms with Gasteiger partial charge in [0.25, 0.3) is 0 Å². The molecule has 0 fully saturated rings. The molecule has 0 aliphatic carbocycles. The van der Waals surface area contributed by atoms with Gasteiger partial charge in [-0.25, -0.2) is 0 Å². The molecule has 94 valence electrons. The minimum Gasteiger partial charge on any atom is -0.308 e. The molecule has 1 aliphatic heterocycles. The van der Waals surface area contributed by atoms with Crippen molar-refractivity contribution in [2.45, 2.75) is 18.9 Å². The molecule has 1 heterocycles. The lowest BCUT2D eigenvalue weighted by molar-refractivity contribution is -0.179. The van der Waals surface area contributed by atoms with Gasteiger partial charge in [-0.2, -0.15) is 16.8 Å². The summed E-state index contributed by atoms with van der Waals surface area (Å²) >= 11 is 1.92. The molecule has 0 radical (unpaired) electrons. The largest absolute Gasteiger partial charge is 0.308 e. The van der Waals surface area contributed by atoms with Crippen LogP contribution in [0.25, 0.3) is 0 Å². The quantitative estimate of drug-likeness (QED) is 0.501. The SMILES string of the molecule is CSCCCC(CN(C)C)N1CC=CCO1. The second-order valence-corrected chi connectivity index (χ2v) is 5.40. The van der Waals surface area contributed by atoms with E-state index in [0.717, 1.165) is 19.7 Å². The first-order valence-electron chi connectivity index (χ1n) is 5.92. The molecule has 0 amide bonds. The van der Waals surface area contributed by atoms with Crippen LogP contribution in [0.4, 0.5) is 0 Å². The highest BCUT2D eigenvalue weighted by Crippen LogP contribution is 2.13. The molecule has 16 heavy (non-hydrogen) atoms. The smallest absolute Gasteiger partial charge is 0.0867 e. The number of hydrogen-bond donors (Lipinski definition) is 0. The van der Waals surface area contributed by atoms with Gasteiger partial charge in [0.2, 0.25) is 0 Å². The molecule has 0 saturated heterocycles. The second-order valence-electron chi connectivity index (χ2n) is 4.42. The van der Waals surface area contributed by atoms with Crippen molar-refractivity contribution >= 4 is 11.8 Å². The Morgan fingerprint density at radius 3 is 2.81 bits per heavy atom. The predicted octanol–water partition coefficient (Wildman–Crippen LogP) is 1.86. The third-order valence-corrected chi connectivity index (χ3v) is 3.35. The van der Waals surface area contributed by atoms with Crippen LogP contribution in [0.2, 0.25) is 0 Å². The van der Waals surface area contributed by atoms with E-state index < -0.39 is 0 Å². The van der Waals surface area contributed by atoms with E-state index in [-0.39, 0.29) is 0 Å². The first kappa shape index (κ1) is 14.0. The van der Waals surface area contributed by atoms with Crippen LogP contribution in [0.5, 0.6) is 0 Å². The Morgan fingerprint density at radius 1 is 1.44 bits per heavy atom. The first-order valence-corrected chi connectivity index (χ1v) is 7.31. The number of hydrogen-bond acceptors (Lipinski definition) is 4. The van der Waals surface area contributed by atoms with E-state index in [2.05, 4.69) is 42.5 Å². The maximum Gasteiger partial charge on any atom is 0.0867 e. The predicted molar refractivity (Wildman–Crippen MR) is 71.8 cm³/mol. The number of nitrogens with zero attached hydrogens (tertiary/aromatic N) is 2. The molecular formula is C12H24N2OS. The lowest BCUT2D eigenvalue weighted by atomic mass is 10.1. The van der Waals surface area contributed by atoms with E-state index in [1.807, 2.05) is 11.8 Å². The maximum absolute atomic E-state index is 5.68. The van der Waals surface area contributed by atoms with Crippen LogP contribution in [0.3, 0.4) is 0 Å². The van der Waals surface area contributed by atoms with E-state index in [1.165, 1.54) is 18.6 Å². The molecule has 0 saturated carbocycles. The minimum absolute atomic E-state index is 0.520. The molecular weight excluding hydrogens is 220 g/mol. The molecule has 0 spiro atoms. The van der Waals surface area contributed by atoms with Crippen LogP contribution >= 0.6 is 11.8 Å². The van der Waals surface area contributed by atoms with E-state index in [0.29, 0.717) is 6.04 Å². The summed E-state index contributed by atoms with van der Waals surface area (Å²) < 4.78 is 0. The summed E-state index contributed by atoms with van der Waals surface area (Å²) in [6.07, 6.45) is 8.93. The highest BCUT2D eigenvalue weighted by Gasteiger charge is 2.20. The van der Waals surface area contributed by atoms with E-state index >= 15 is 0 Å². The van der Waals surface area contributed by atoms with Gasteiger partial charge in [0.1, 0.15) is 0 Å². The van der Waals surface area contributed by atoms with Gasteiger partial charge >= 0.3 is 0 Å². The van der Waals surface area contributed by atoms with Gasteiger partial charge in [0, 0.05) is 19.1 Å². The van der Waals surface area contributed by atoms with Crippen molar-refractivity contribution in [2.75, 3.05) is 45.8 Å². The van der Waals surface area contributed by atoms with Crippen molar-refractivity contribution in [1.29, 1.82) is 0 Å². The monoisotopic (exact) mass is 244 g/mol. The Kier molecular flexibility index (Phi) is 7.12. The fraction of sp³-hybridized carbons (Fsp3) is 0.833. The lowest BCUT2D eigenvalue weighted by Gasteiger charge is -2.33. The summed E-state index contributed by atoms with van der Waals surface area (Å²) in [5.74, 6) is 1.24. The van der Waals surface area contributed by atoms with E-state index in [9.17, 15) is 0 Å². The van der Waals surface area contributed by atoms with Crippen LogP contribution in [-0.4, -0.2) is 61.8 Å². The molecule has 1 atom stereocenters. The Bertz CT molecular complexity index is 209. The fourth-order valence-electron chi connectivity index (χ4n) is 1.90. The number of rotatable bonds is 7. The van der Waals surface area contributed by atoms with Gasteiger partial charge in [-0.05, 0) is 38.9 Å². The van der Waals surface area contributed by atoms with Gasteiger partial charge in [-0.1, -0.05) is 12.2 Å². The highest BCUT2D eigenvalue weighted by atomic mass is 32.2. The van der Waals surface area contributed by atoms with Gasteiger partial charge in [-0.15, -0.1) is 0 Å². The fourth-order valence-corrected chi connectivity index (χ4v) is 2.36.